The highest BCUT2D eigenvalue weighted by atomic mass is 16.5. The second-order valence-corrected chi connectivity index (χ2v) is 4.57. The maximum atomic E-state index is 5.80. The van der Waals surface area contributed by atoms with E-state index in [1.165, 1.54) is 10.9 Å². The molecule has 102 valence electrons. The summed E-state index contributed by atoms with van der Waals surface area (Å²) in [5.41, 5.74) is 1.23. The zero-order valence-electron chi connectivity index (χ0n) is 11.5. The molecular weight excluding hydrogens is 250 g/mol. The summed E-state index contributed by atoms with van der Waals surface area (Å²) in [5.74, 6) is 1.55. The molecule has 0 unspecified atom stereocenters. The molecule has 1 heterocycles. The third-order valence-electron chi connectivity index (χ3n) is 3.34. The molecule has 3 rings (SSSR count). The van der Waals surface area contributed by atoms with Gasteiger partial charge in [-0.2, -0.15) is 0 Å². The number of nitrogens with zero attached hydrogens (tertiary/aromatic N) is 1. The first-order chi connectivity index (χ1) is 9.88. The first-order valence-electron chi connectivity index (χ1n) is 6.68. The van der Waals surface area contributed by atoms with Crippen molar-refractivity contribution in [3.05, 3.63) is 60.8 Å². The van der Waals surface area contributed by atoms with E-state index in [4.69, 9.17) is 9.47 Å². The predicted octanol–water partition coefficient (Wildman–Crippen LogP) is 3.73. The minimum absolute atomic E-state index is 0.610. The van der Waals surface area contributed by atoms with E-state index in [2.05, 4.69) is 41.1 Å². The van der Waals surface area contributed by atoms with Gasteiger partial charge in [0.05, 0.1) is 13.7 Å². The standard InChI is InChI=1S/C17H17NO2/c1-19-16-8-4-5-9-17(16)20-13-12-18-11-10-14-6-2-3-7-15(14)18/h2-11H,12-13H2,1H3. The summed E-state index contributed by atoms with van der Waals surface area (Å²) < 4.78 is 13.3. The van der Waals surface area contributed by atoms with E-state index < -0.39 is 0 Å². The van der Waals surface area contributed by atoms with Crippen molar-refractivity contribution in [3.63, 3.8) is 0 Å². The van der Waals surface area contributed by atoms with E-state index in [0.717, 1.165) is 18.0 Å². The topological polar surface area (TPSA) is 23.4 Å². The summed E-state index contributed by atoms with van der Waals surface area (Å²) in [6, 6.07) is 18.2. The van der Waals surface area contributed by atoms with Crippen molar-refractivity contribution in [2.75, 3.05) is 13.7 Å². The quantitative estimate of drug-likeness (QED) is 0.703. The molecule has 0 N–H and O–H groups in total. The lowest BCUT2D eigenvalue weighted by Crippen LogP contribution is -2.07. The van der Waals surface area contributed by atoms with E-state index >= 15 is 0 Å². The molecule has 20 heavy (non-hydrogen) atoms. The number of hydrogen-bond donors (Lipinski definition) is 0. The molecule has 0 spiro atoms. The predicted molar refractivity (Wildman–Crippen MR) is 80.4 cm³/mol. The molecule has 0 fully saturated rings. The van der Waals surface area contributed by atoms with Gasteiger partial charge in [0.15, 0.2) is 11.5 Å². The van der Waals surface area contributed by atoms with E-state index in [-0.39, 0.29) is 0 Å². The summed E-state index contributed by atoms with van der Waals surface area (Å²) in [5, 5.41) is 1.25. The van der Waals surface area contributed by atoms with Crippen molar-refractivity contribution in [2.45, 2.75) is 6.54 Å². The molecule has 2 aromatic carbocycles. The van der Waals surface area contributed by atoms with E-state index in [1.54, 1.807) is 7.11 Å². The largest absolute Gasteiger partial charge is 0.493 e. The molecule has 0 aliphatic rings. The molecule has 1 aromatic heterocycles. The Balaban J connectivity index is 1.68. The molecule has 0 atom stereocenters. The molecule has 0 aliphatic heterocycles. The SMILES string of the molecule is COc1ccccc1OCCn1ccc2ccccc21. The molecule has 3 nitrogen and oxygen atoms in total. The monoisotopic (exact) mass is 267 g/mol. The number of hydrogen-bond acceptors (Lipinski definition) is 2. The van der Waals surface area contributed by atoms with E-state index in [1.807, 2.05) is 24.3 Å². The molecular formula is C17H17NO2. The average molecular weight is 267 g/mol. The second-order valence-electron chi connectivity index (χ2n) is 4.57. The molecule has 0 aliphatic carbocycles. The van der Waals surface area contributed by atoms with Gasteiger partial charge >= 0.3 is 0 Å². The zero-order chi connectivity index (χ0) is 13.8. The van der Waals surface area contributed by atoms with Crippen LogP contribution in [0, 0.1) is 0 Å². The van der Waals surface area contributed by atoms with Crippen LogP contribution in [0.25, 0.3) is 10.9 Å². The maximum Gasteiger partial charge on any atom is 0.161 e. The molecule has 0 amide bonds. The van der Waals surface area contributed by atoms with Crippen LogP contribution in [-0.4, -0.2) is 18.3 Å². The van der Waals surface area contributed by atoms with Crippen molar-refractivity contribution in [1.82, 2.24) is 4.57 Å². The third kappa shape index (κ3) is 2.48. The lowest BCUT2D eigenvalue weighted by atomic mass is 10.2. The third-order valence-corrected chi connectivity index (χ3v) is 3.34. The van der Waals surface area contributed by atoms with Gasteiger partial charge in [0, 0.05) is 11.7 Å². The molecule has 0 radical (unpaired) electrons. The Morgan fingerprint density at radius 2 is 1.65 bits per heavy atom. The molecule has 3 heteroatoms. The first kappa shape index (κ1) is 12.6. The number of ether oxygens (including phenoxy) is 2. The number of methoxy groups -OCH3 is 1. The summed E-state index contributed by atoms with van der Waals surface area (Å²) in [4.78, 5) is 0. The molecule has 0 saturated carbocycles. The van der Waals surface area contributed by atoms with Crippen molar-refractivity contribution >= 4 is 10.9 Å². The Morgan fingerprint density at radius 1 is 0.900 bits per heavy atom. The van der Waals surface area contributed by atoms with Gasteiger partial charge in [-0.25, -0.2) is 0 Å². The molecule has 0 saturated heterocycles. The number of aromatic nitrogens is 1. The smallest absolute Gasteiger partial charge is 0.161 e. The lowest BCUT2D eigenvalue weighted by Gasteiger charge is -2.11. The van der Waals surface area contributed by atoms with Gasteiger partial charge in [-0.05, 0) is 29.7 Å². The fourth-order valence-electron chi connectivity index (χ4n) is 2.33. The highest BCUT2D eigenvalue weighted by Gasteiger charge is 2.03. The lowest BCUT2D eigenvalue weighted by molar-refractivity contribution is 0.281. The van der Waals surface area contributed by atoms with Gasteiger partial charge in [-0.15, -0.1) is 0 Å². The van der Waals surface area contributed by atoms with Gasteiger partial charge < -0.3 is 14.0 Å². The Labute approximate surface area is 118 Å². The van der Waals surface area contributed by atoms with Crippen LogP contribution < -0.4 is 9.47 Å². The van der Waals surface area contributed by atoms with Crippen LogP contribution in [0.4, 0.5) is 0 Å². The maximum absolute atomic E-state index is 5.80. The minimum Gasteiger partial charge on any atom is -0.493 e. The van der Waals surface area contributed by atoms with Crippen LogP contribution >= 0.6 is 0 Å². The van der Waals surface area contributed by atoms with Gasteiger partial charge in [0.25, 0.3) is 0 Å². The Bertz CT molecular complexity index is 703. The fourth-order valence-corrected chi connectivity index (χ4v) is 2.33. The van der Waals surface area contributed by atoms with Gasteiger partial charge in [-0.3, -0.25) is 0 Å². The van der Waals surface area contributed by atoms with Gasteiger partial charge in [-0.1, -0.05) is 30.3 Å². The Morgan fingerprint density at radius 3 is 2.50 bits per heavy atom. The summed E-state index contributed by atoms with van der Waals surface area (Å²) >= 11 is 0. The van der Waals surface area contributed by atoms with E-state index in [9.17, 15) is 0 Å². The van der Waals surface area contributed by atoms with Gasteiger partial charge in [0.1, 0.15) is 6.61 Å². The zero-order valence-corrected chi connectivity index (χ0v) is 11.5. The Hall–Kier alpha value is -2.42. The average Bonchev–Trinajstić information content (AvgIpc) is 2.91. The van der Waals surface area contributed by atoms with Crippen LogP contribution in [0.15, 0.2) is 60.8 Å². The van der Waals surface area contributed by atoms with Crippen molar-refractivity contribution in [3.8, 4) is 11.5 Å². The second kappa shape index (κ2) is 5.70. The summed E-state index contributed by atoms with van der Waals surface area (Å²) in [6.45, 7) is 1.42. The van der Waals surface area contributed by atoms with Crippen molar-refractivity contribution in [2.24, 2.45) is 0 Å². The van der Waals surface area contributed by atoms with Crippen LogP contribution in [-0.2, 0) is 6.54 Å². The highest BCUT2D eigenvalue weighted by Crippen LogP contribution is 2.25. The first-order valence-corrected chi connectivity index (χ1v) is 6.68. The number of fused-ring (bicyclic) bond motifs is 1. The molecule has 3 aromatic rings. The van der Waals surface area contributed by atoms with Gasteiger partial charge in [0.2, 0.25) is 0 Å². The van der Waals surface area contributed by atoms with Crippen molar-refractivity contribution in [1.29, 1.82) is 0 Å². The summed E-state index contributed by atoms with van der Waals surface area (Å²) in [6.07, 6.45) is 2.09. The minimum atomic E-state index is 0.610. The number of para-hydroxylation sites is 3. The summed E-state index contributed by atoms with van der Waals surface area (Å²) in [7, 11) is 1.65. The van der Waals surface area contributed by atoms with Crippen molar-refractivity contribution < 1.29 is 9.47 Å². The van der Waals surface area contributed by atoms with Crippen LogP contribution in [0.3, 0.4) is 0 Å². The normalized spacial score (nSPS) is 10.7. The van der Waals surface area contributed by atoms with E-state index in [0.29, 0.717) is 6.61 Å². The van der Waals surface area contributed by atoms with Crippen LogP contribution in [0.5, 0.6) is 11.5 Å². The van der Waals surface area contributed by atoms with Crippen LogP contribution in [0.1, 0.15) is 0 Å². The highest BCUT2D eigenvalue weighted by molar-refractivity contribution is 5.79. The fraction of sp³-hybridized carbons (Fsp3) is 0.176. The number of benzene rings is 2. The Kier molecular flexibility index (Phi) is 3.59. The number of rotatable bonds is 5. The van der Waals surface area contributed by atoms with Crippen LogP contribution in [0.2, 0.25) is 0 Å². The molecule has 0 bridgehead atoms.